The lowest BCUT2D eigenvalue weighted by atomic mass is 10.3. The molecule has 0 bridgehead atoms. The molecule has 1 heterocycles. The molecule has 0 amide bonds. The quantitative estimate of drug-likeness (QED) is 0.714. The van der Waals surface area contributed by atoms with Gasteiger partial charge >= 0.3 is 0 Å². The van der Waals surface area contributed by atoms with E-state index >= 15 is 0 Å². The fourth-order valence-electron chi connectivity index (χ4n) is 1.18. The largest absolute Gasteiger partial charge is 0.223 e. The predicted octanol–water partition coefficient (Wildman–Crippen LogP) is 2.40. The van der Waals surface area contributed by atoms with Gasteiger partial charge in [-0.15, -0.1) is 0 Å². The number of rotatable bonds is 1. The van der Waals surface area contributed by atoms with Gasteiger partial charge in [0.25, 0.3) is 0 Å². The van der Waals surface area contributed by atoms with Crippen molar-refractivity contribution in [2.45, 2.75) is 0 Å². The summed E-state index contributed by atoms with van der Waals surface area (Å²) in [4.78, 5) is 0. The van der Waals surface area contributed by atoms with E-state index in [1.54, 1.807) is 29.1 Å². The van der Waals surface area contributed by atoms with Gasteiger partial charge in [0, 0.05) is 5.02 Å². The number of hydrogen-bond acceptors (Lipinski definition) is 2. The first-order valence-corrected chi connectivity index (χ1v) is 4.39. The average Bonchev–Trinajstić information content (AvgIpc) is 2.67. The Morgan fingerprint density at radius 2 is 1.93 bits per heavy atom. The van der Waals surface area contributed by atoms with Gasteiger partial charge in [-0.2, -0.15) is 10.4 Å². The second kappa shape index (κ2) is 3.52. The monoisotopic (exact) mass is 203 g/mol. The van der Waals surface area contributed by atoms with Crippen LogP contribution in [0.15, 0.2) is 36.5 Å². The molecule has 4 heteroatoms. The maximum atomic E-state index is 8.79. The molecule has 0 radical (unpaired) electrons. The maximum Gasteiger partial charge on any atom is 0.144 e. The van der Waals surface area contributed by atoms with E-state index in [0.717, 1.165) is 5.69 Å². The second-order valence-corrected chi connectivity index (χ2v) is 3.15. The Labute approximate surface area is 86.2 Å². The highest BCUT2D eigenvalue weighted by Gasteiger charge is 2.02. The molecule has 1 aromatic carbocycles. The molecule has 0 saturated carbocycles. The summed E-state index contributed by atoms with van der Waals surface area (Å²) in [7, 11) is 0. The van der Waals surface area contributed by atoms with Crippen LogP contribution in [0.1, 0.15) is 5.69 Å². The molecule has 0 N–H and O–H groups in total. The van der Waals surface area contributed by atoms with E-state index in [9.17, 15) is 0 Å². The van der Waals surface area contributed by atoms with Gasteiger partial charge in [-0.3, -0.25) is 0 Å². The topological polar surface area (TPSA) is 41.6 Å². The molecule has 3 nitrogen and oxygen atoms in total. The number of halogens is 1. The predicted molar refractivity (Wildman–Crippen MR) is 53.3 cm³/mol. The fraction of sp³-hybridized carbons (Fsp3) is 0. The Bertz CT molecular complexity index is 479. The third kappa shape index (κ3) is 1.48. The zero-order chi connectivity index (χ0) is 9.97. The number of hydrogen-bond donors (Lipinski definition) is 0. The summed E-state index contributed by atoms with van der Waals surface area (Å²) >= 11 is 5.75. The van der Waals surface area contributed by atoms with Crippen molar-refractivity contribution < 1.29 is 0 Å². The van der Waals surface area contributed by atoms with Crippen molar-refractivity contribution in [3.05, 3.63) is 47.2 Å². The highest BCUT2D eigenvalue weighted by Crippen LogP contribution is 2.13. The van der Waals surface area contributed by atoms with Crippen molar-refractivity contribution in [3.63, 3.8) is 0 Å². The Kier molecular flexibility index (Phi) is 2.21. The highest BCUT2D eigenvalue weighted by molar-refractivity contribution is 6.30. The van der Waals surface area contributed by atoms with E-state index in [-0.39, 0.29) is 0 Å². The molecule has 0 aliphatic carbocycles. The van der Waals surface area contributed by atoms with E-state index in [0.29, 0.717) is 10.7 Å². The summed E-state index contributed by atoms with van der Waals surface area (Å²) in [6, 6.07) is 10.9. The molecule has 0 atom stereocenters. The molecule has 0 unspecified atom stereocenters. The van der Waals surface area contributed by atoms with Gasteiger partial charge in [0.2, 0.25) is 0 Å². The fourth-order valence-corrected chi connectivity index (χ4v) is 1.30. The average molecular weight is 204 g/mol. The van der Waals surface area contributed by atoms with Crippen LogP contribution in [0.25, 0.3) is 5.69 Å². The molecule has 0 spiro atoms. The maximum absolute atomic E-state index is 8.79. The van der Waals surface area contributed by atoms with Crippen LogP contribution < -0.4 is 0 Å². The lowest BCUT2D eigenvalue weighted by Crippen LogP contribution is -1.98. The van der Waals surface area contributed by atoms with Crippen molar-refractivity contribution in [1.82, 2.24) is 9.78 Å². The van der Waals surface area contributed by atoms with Crippen LogP contribution in [0.2, 0.25) is 5.02 Å². The second-order valence-electron chi connectivity index (χ2n) is 2.72. The zero-order valence-electron chi connectivity index (χ0n) is 7.18. The molecular formula is C10H6ClN3. The number of nitrogens with zero attached hydrogens (tertiary/aromatic N) is 3. The molecule has 0 fully saturated rings. The van der Waals surface area contributed by atoms with Gasteiger partial charge in [0.15, 0.2) is 0 Å². The molecule has 1 aromatic heterocycles. The van der Waals surface area contributed by atoms with Crippen LogP contribution in [-0.4, -0.2) is 9.78 Å². The Balaban J connectivity index is 2.50. The summed E-state index contributed by atoms with van der Waals surface area (Å²) in [6.07, 6.45) is 1.59. The molecular weight excluding hydrogens is 198 g/mol. The first kappa shape index (κ1) is 8.79. The van der Waals surface area contributed by atoms with Crippen LogP contribution >= 0.6 is 11.6 Å². The Hall–Kier alpha value is -1.79. The van der Waals surface area contributed by atoms with Crippen LogP contribution in [0.4, 0.5) is 0 Å². The lowest BCUT2D eigenvalue weighted by molar-refractivity contribution is 0.866. The Morgan fingerprint density at radius 1 is 1.21 bits per heavy atom. The van der Waals surface area contributed by atoms with Crippen molar-refractivity contribution >= 4 is 11.6 Å². The molecule has 68 valence electrons. The van der Waals surface area contributed by atoms with Crippen LogP contribution in [0.5, 0.6) is 0 Å². The van der Waals surface area contributed by atoms with Gasteiger partial charge in [-0.05, 0) is 30.3 Å². The van der Waals surface area contributed by atoms with E-state index in [1.807, 2.05) is 12.1 Å². The van der Waals surface area contributed by atoms with Crippen LogP contribution in [0, 0.1) is 11.3 Å². The van der Waals surface area contributed by atoms with Crippen molar-refractivity contribution in [2.75, 3.05) is 0 Å². The zero-order valence-corrected chi connectivity index (χ0v) is 7.94. The van der Waals surface area contributed by atoms with Crippen molar-refractivity contribution in [1.29, 1.82) is 5.26 Å². The van der Waals surface area contributed by atoms with Gasteiger partial charge < -0.3 is 0 Å². The molecule has 0 saturated heterocycles. The van der Waals surface area contributed by atoms with Gasteiger partial charge in [0.05, 0.1) is 11.9 Å². The third-order valence-electron chi connectivity index (χ3n) is 1.83. The normalized spacial score (nSPS) is 9.71. The van der Waals surface area contributed by atoms with Gasteiger partial charge in [0.1, 0.15) is 11.8 Å². The van der Waals surface area contributed by atoms with Crippen LogP contribution in [-0.2, 0) is 0 Å². The molecule has 0 aliphatic heterocycles. The summed E-state index contributed by atoms with van der Waals surface area (Å²) < 4.78 is 1.57. The molecule has 2 rings (SSSR count). The standard InChI is InChI=1S/C10H6ClN3/c11-8-1-3-9(4-2-8)14-10(7-12)5-6-13-14/h1-6H. The number of benzene rings is 1. The smallest absolute Gasteiger partial charge is 0.144 e. The van der Waals surface area contributed by atoms with E-state index in [4.69, 9.17) is 16.9 Å². The molecule has 0 aliphatic rings. The van der Waals surface area contributed by atoms with E-state index in [2.05, 4.69) is 11.2 Å². The first-order chi connectivity index (χ1) is 6.81. The SMILES string of the molecule is N#Cc1ccnn1-c1ccc(Cl)cc1. The first-order valence-electron chi connectivity index (χ1n) is 4.01. The van der Waals surface area contributed by atoms with Crippen molar-refractivity contribution in [2.24, 2.45) is 0 Å². The van der Waals surface area contributed by atoms with Crippen molar-refractivity contribution in [3.8, 4) is 11.8 Å². The summed E-state index contributed by atoms with van der Waals surface area (Å²) in [5.74, 6) is 0. The third-order valence-corrected chi connectivity index (χ3v) is 2.08. The van der Waals surface area contributed by atoms with Crippen LogP contribution in [0.3, 0.4) is 0 Å². The highest BCUT2D eigenvalue weighted by atomic mass is 35.5. The van der Waals surface area contributed by atoms with Gasteiger partial charge in [-0.1, -0.05) is 11.6 Å². The minimum absolute atomic E-state index is 0.507. The number of nitriles is 1. The number of aromatic nitrogens is 2. The van der Waals surface area contributed by atoms with Gasteiger partial charge in [-0.25, -0.2) is 4.68 Å². The Morgan fingerprint density at radius 3 is 2.57 bits per heavy atom. The summed E-state index contributed by atoms with van der Waals surface area (Å²) in [5.41, 5.74) is 1.34. The van der Waals surface area contributed by atoms with E-state index in [1.165, 1.54) is 0 Å². The summed E-state index contributed by atoms with van der Waals surface area (Å²) in [6.45, 7) is 0. The van der Waals surface area contributed by atoms with E-state index < -0.39 is 0 Å². The molecule has 2 aromatic rings. The molecule has 14 heavy (non-hydrogen) atoms. The minimum atomic E-state index is 0.507. The minimum Gasteiger partial charge on any atom is -0.223 e. The summed E-state index contributed by atoms with van der Waals surface area (Å²) in [5, 5.41) is 13.5. The lowest BCUT2D eigenvalue weighted by Gasteiger charge is -2.01.